The molecule has 0 unspecified atom stereocenters. The van der Waals surface area contributed by atoms with E-state index < -0.39 is 0 Å². The van der Waals surface area contributed by atoms with Crippen LogP contribution in [-0.2, 0) is 4.79 Å². The summed E-state index contributed by atoms with van der Waals surface area (Å²) < 4.78 is 2.20. The lowest BCUT2D eigenvalue weighted by molar-refractivity contribution is -0.123. The van der Waals surface area contributed by atoms with Crippen LogP contribution < -0.4 is 10.5 Å². The molecule has 2 aromatic heterocycles. The average molecular weight is 483 g/mol. The summed E-state index contributed by atoms with van der Waals surface area (Å²) in [4.78, 5) is 36.6. The van der Waals surface area contributed by atoms with Gasteiger partial charge in [0.15, 0.2) is 0 Å². The maximum atomic E-state index is 13.7. The number of hydrogen-bond acceptors (Lipinski definition) is 6. The van der Waals surface area contributed by atoms with Crippen molar-refractivity contribution in [3.05, 3.63) is 44.7 Å². The lowest BCUT2D eigenvalue weighted by Gasteiger charge is -2.36. The molecule has 0 N–H and O–H groups in total. The number of nitrogens with zero attached hydrogens (tertiary/aromatic N) is 4. The summed E-state index contributed by atoms with van der Waals surface area (Å²) in [7, 11) is 0. The Labute approximate surface area is 204 Å². The van der Waals surface area contributed by atoms with E-state index in [9.17, 15) is 9.59 Å². The predicted molar refractivity (Wildman–Crippen MR) is 139 cm³/mol. The molecular weight excluding hydrogens is 452 g/mol. The number of anilines is 1. The fourth-order valence-corrected chi connectivity index (χ4v) is 6.97. The summed E-state index contributed by atoms with van der Waals surface area (Å²) in [5.41, 5.74) is 1.95. The molecule has 2 atom stereocenters. The van der Waals surface area contributed by atoms with Gasteiger partial charge in [0.2, 0.25) is 0 Å². The van der Waals surface area contributed by atoms with Crippen molar-refractivity contribution in [3.63, 3.8) is 0 Å². The van der Waals surface area contributed by atoms with Crippen molar-refractivity contribution in [1.29, 1.82) is 0 Å². The monoisotopic (exact) mass is 482 g/mol. The first-order valence-corrected chi connectivity index (χ1v) is 13.1. The van der Waals surface area contributed by atoms with Gasteiger partial charge >= 0.3 is 0 Å². The van der Waals surface area contributed by atoms with Crippen molar-refractivity contribution in [3.8, 4) is 0 Å². The number of amides is 1. The molecule has 3 fully saturated rings. The van der Waals surface area contributed by atoms with Crippen LogP contribution in [0.2, 0.25) is 0 Å². The number of carbonyl (C=O) groups is 1. The molecule has 5 rings (SSSR count). The number of thiocarbonyl (C=S) groups is 1. The molecule has 3 aliphatic rings. The molecule has 6 nitrogen and oxygen atoms in total. The number of thioether (sulfide) groups is 1. The molecule has 33 heavy (non-hydrogen) atoms. The summed E-state index contributed by atoms with van der Waals surface area (Å²) in [5.74, 6) is 1.63. The minimum absolute atomic E-state index is 0.0723. The van der Waals surface area contributed by atoms with Gasteiger partial charge in [-0.1, -0.05) is 56.7 Å². The smallest absolute Gasteiger partial charge is 0.267 e. The van der Waals surface area contributed by atoms with E-state index in [1.807, 2.05) is 19.1 Å². The molecule has 1 amide bonds. The Morgan fingerprint density at radius 1 is 1.15 bits per heavy atom. The number of aromatic nitrogens is 2. The maximum absolute atomic E-state index is 13.7. The van der Waals surface area contributed by atoms with Gasteiger partial charge in [-0.2, -0.15) is 0 Å². The summed E-state index contributed by atoms with van der Waals surface area (Å²) in [6.45, 7) is 8.16. The van der Waals surface area contributed by atoms with Crippen LogP contribution in [-0.4, -0.2) is 43.6 Å². The van der Waals surface area contributed by atoms with Gasteiger partial charge < -0.3 is 4.90 Å². The fourth-order valence-electron chi connectivity index (χ4n) is 5.59. The highest BCUT2D eigenvalue weighted by molar-refractivity contribution is 8.26. The van der Waals surface area contributed by atoms with Crippen LogP contribution in [0.4, 0.5) is 5.82 Å². The highest BCUT2D eigenvalue weighted by Crippen LogP contribution is 2.38. The van der Waals surface area contributed by atoms with E-state index in [1.165, 1.54) is 11.8 Å². The molecule has 1 aliphatic carbocycles. The van der Waals surface area contributed by atoms with E-state index in [2.05, 4.69) is 18.7 Å². The van der Waals surface area contributed by atoms with E-state index in [-0.39, 0.29) is 17.5 Å². The zero-order chi connectivity index (χ0) is 23.3. The SMILES string of the molecule is Cc1cccn2c(=O)c(/C=C3\SC(=S)N(C4CCCC4)C3=O)c(N3C[C@@H](C)C[C@H](C)C3)nc12. The number of fused-ring (bicyclic) bond motifs is 1. The van der Waals surface area contributed by atoms with E-state index >= 15 is 0 Å². The molecule has 174 valence electrons. The third-order valence-electron chi connectivity index (χ3n) is 7.02. The second-order valence-corrected chi connectivity index (χ2v) is 11.6. The number of piperidine rings is 1. The Morgan fingerprint density at radius 2 is 1.85 bits per heavy atom. The van der Waals surface area contributed by atoms with Gasteiger partial charge in [-0.3, -0.25) is 18.9 Å². The highest BCUT2D eigenvalue weighted by atomic mass is 32.2. The minimum atomic E-state index is -0.143. The molecule has 2 aliphatic heterocycles. The Hall–Kier alpha value is -2.19. The fraction of sp³-hybridized carbons (Fsp3) is 0.520. The van der Waals surface area contributed by atoms with Crippen LogP contribution in [0.5, 0.6) is 0 Å². The van der Waals surface area contributed by atoms with Gasteiger partial charge in [-0.05, 0) is 55.7 Å². The maximum Gasteiger partial charge on any atom is 0.267 e. The second kappa shape index (κ2) is 8.87. The average Bonchev–Trinajstić information content (AvgIpc) is 3.37. The molecule has 1 saturated carbocycles. The van der Waals surface area contributed by atoms with Gasteiger partial charge in [0.05, 0.1) is 10.5 Å². The van der Waals surface area contributed by atoms with Crippen LogP contribution in [0.15, 0.2) is 28.0 Å². The molecule has 2 saturated heterocycles. The predicted octanol–water partition coefficient (Wildman–Crippen LogP) is 4.63. The van der Waals surface area contributed by atoms with Crippen LogP contribution in [0.1, 0.15) is 57.1 Å². The minimum Gasteiger partial charge on any atom is -0.355 e. The summed E-state index contributed by atoms with van der Waals surface area (Å²) >= 11 is 6.89. The molecule has 0 spiro atoms. The van der Waals surface area contributed by atoms with Crippen LogP contribution in [0.25, 0.3) is 11.7 Å². The number of pyridine rings is 1. The topological polar surface area (TPSA) is 57.9 Å². The second-order valence-electron chi connectivity index (χ2n) is 9.88. The lowest BCUT2D eigenvalue weighted by Crippen LogP contribution is -2.41. The molecule has 4 heterocycles. The molecule has 8 heteroatoms. The zero-order valence-corrected chi connectivity index (χ0v) is 21.0. The van der Waals surface area contributed by atoms with E-state index in [4.69, 9.17) is 17.2 Å². The van der Waals surface area contributed by atoms with Crippen molar-refractivity contribution in [2.45, 2.75) is 58.9 Å². The van der Waals surface area contributed by atoms with Crippen LogP contribution in [0.3, 0.4) is 0 Å². The van der Waals surface area contributed by atoms with Crippen molar-refractivity contribution in [2.24, 2.45) is 11.8 Å². The Morgan fingerprint density at radius 3 is 2.55 bits per heavy atom. The largest absolute Gasteiger partial charge is 0.355 e. The number of carbonyl (C=O) groups excluding carboxylic acids is 1. The first-order chi connectivity index (χ1) is 15.8. The number of aryl methyl sites for hydroxylation is 1. The van der Waals surface area contributed by atoms with Crippen molar-refractivity contribution < 1.29 is 4.79 Å². The highest BCUT2D eigenvalue weighted by Gasteiger charge is 2.38. The van der Waals surface area contributed by atoms with Gasteiger partial charge in [-0.25, -0.2) is 4.98 Å². The summed E-state index contributed by atoms with van der Waals surface area (Å²) in [6.07, 6.45) is 8.91. The Balaban J connectivity index is 1.64. The van der Waals surface area contributed by atoms with Crippen molar-refractivity contribution >= 4 is 51.7 Å². The number of hydrogen-bond donors (Lipinski definition) is 0. The van der Waals surface area contributed by atoms with Gasteiger partial charge in [0.1, 0.15) is 15.8 Å². The van der Waals surface area contributed by atoms with Gasteiger partial charge in [0.25, 0.3) is 11.5 Å². The summed E-state index contributed by atoms with van der Waals surface area (Å²) in [5, 5.41) is 0. The lowest BCUT2D eigenvalue weighted by atomic mass is 9.91. The standard InChI is InChI=1S/C25H30N4O2S2/c1-15-11-16(2)14-27(13-15)22-19(23(30)28-10-6-7-17(3)21(28)26-22)12-20-24(31)29(25(32)33-20)18-8-4-5-9-18/h6-7,10,12,15-16,18H,4-5,8-9,11,13-14H2,1-3H3/b20-12-/t15-,16-/m0/s1. The number of rotatable bonds is 3. The van der Waals surface area contributed by atoms with Gasteiger partial charge in [0, 0.05) is 25.3 Å². The normalized spacial score (nSPS) is 25.7. The van der Waals surface area contributed by atoms with Crippen molar-refractivity contribution in [2.75, 3.05) is 18.0 Å². The molecule has 0 radical (unpaired) electrons. The zero-order valence-electron chi connectivity index (χ0n) is 19.4. The van der Waals surface area contributed by atoms with Crippen molar-refractivity contribution in [1.82, 2.24) is 14.3 Å². The first kappa shape index (κ1) is 22.6. The van der Waals surface area contributed by atoms with Crippen LogP contribution in [0, 0.1) is 18.8 Å². The van der Waals surface area contributed by atoms with E-state index in [0.717, 1.165) is 50.8 Å². The molecule has 0 bridgehead atoms. The van der Waals surface area contributed by atoms with E-state index in [1.54, 1.807) is 21.6 Å². The van der Waals surface area contributed by atoms with E-state index in [0.29, 0.717) is 38.1 Å². The quantitative estimate of drug-likeness (QED) is 0.470. The molecule has 2 aromatic rings. The third kappa shape index (κ3) is 4.12. The Bertz CT molecular complexity index is 1200. The Kier molecular flexibility index (Phi) is 6.07. The van der Waals surface area contributed by atoms with Crippen LogP contribution >= 0.6 is 24.0 Å². The summed E-state index contributed by atoms with van der Waals surface area (Å²) in [6, 6.07) is 4.02. The molecule has 0 aromatic carbocycles. The first-order valence-electron chi connectivity index (χ1n) is 11.9. The molecular formula is C25H30N4O2S2. The third-order valence-corrected chi connectivity index (χ3v) is 8.35. The van der Waals surface area contributed by atoms with Gasteiger partial charge in [-0.15, -0.1) is 0 Å².